The van der Waals surface area contributed by atoms with E-state index < -0.39 is 0 Å². The van der Waals surface area contributed by atoms with E-state index in [1.165, 1.54) is 0 Å². The highest BCUT2D eigenvalue weighted by Crippen LogP contribution is 2.05. The molecule has 0 radical (unpaired) electrons. The van der Waals surface area contributed by atoms with Crippen LogP contribution >= 0.6 is 0 Å². The lowest BCUT2D eigenvalue weighted by molar-refractivity contribution is 0.179. The first kappa shape index (κ1) is 17.2. The summed E-state index contributed by atoms with van der Waals surface area (Å²) in [7, 11) is 1.70. The van der Waals surface area contributed by atoms with Crippen molar-refractivity contribution in [2.24, 2.45) is 4.99 Å². The van der Waals surface area contributed by atoms with Crippen LogP contribution in [-0.4, -0.2) is 53.4 Å². The van der Waals surface area contributed by atoms with Crippen LogP contribution in [0, 0.1) is 0 Å². The number of ether oxygens (including phenoxy) is 1. The van der Waals surface area contributed by atoms with Crippen molar-refractivity contribution in [1.82, 2.24) is 25.2 Å². The van der Waals surface area contributed by atoms with E-state index in [-0.39, 0.29) is 6.04 Å². The molecular weight excluding hydrogens is 292 g/mol. The largest absolute Gasteiger partial charge is 0.383 e. The molecule has 0 saturated carbocycles. The fourth-order valence-electron chi connectivity index (χ4n) is 2.33. The van der Waals surface area contributed by atoms with Crippen LogP contribution in [-0.2, 0) is 11.2 Å². The Morgan fingerprint density at radius 2 is 2.26 bits per heavy atom. The number of aromatic nitrogens is 3. The van der Waals surface area contributed by atoms with Gasteiger partial charge in [0.25, 0.3) is 0 Å². The zero-order valence-corrected chi connectivity index (χ0v) is 14.1. The number of hydrogen-bond acceptors (Lipinski definition) is 4. The van der Waals surface area contributed by atoms with Gasteiger partial charge >= 0.3 is 0 Å². The van der Waals surface area contributed by atoms with Crippen molar-refractivity contribution in [3.63, 3.8) is 0 Å². The van der Waals surface area contributed by atoms with Crippen molar-refractivity contribution < 1.29 is 4.74 Å². The number of guanidine groups is 1. The second-order valence-corrected chi connectivity index (χ2v) is 5.41. The highest BCUT2D eigenvalue weighted by Gasteiger charge is 2.05. The van der Waals surface area contributed by atoms with Gasteiger partial charge in [0.2, 0.25) is 0 Å². The number of nitrogens with one attached hydrogen (secondary N) is 2. The first-order valence-corrected chi connectivity index (χ1v) is 8.07. The summed E-state index contributed by atoms with van der Waals surface area (Å²) in [6.07, 6.45) is 3.76. The molecule has 0 spiro atoms. The Labute approximate surface area is 137 Å². The van der Waals surface area contributed by atoms with Crippen LogP contribution in [0.2, 0.25) is 0 Å². The second kappa shape index (κ2) is 9.09. The maximum absolute atomic E-state index is 5.13. The van der Waals surface area contributed by atoms with Crippen molar-refractivity contribution in [2.45, 2.75) is 32.7 Å². The zero-order valence-electron chi connectivity index (χ0n) is 14.1. The van der Waals surface area contributed by atoms with Crippen LogP contribution in [0.3, 0.4) is 0 Å². The maximum Gasteiger partial charge on any atom is 0.191 e. The van der Waals surface area contributed by atoms with E-state index >= 15 is 0 Å². The zero-order chi connectivity index (χ0) is 16.5. The van der Waals surface area contributed by atoms with Gasteiger partial charge in [-0.3, -0.25) is 9.39 Å². The Hall–Kier alpha value is -2.15. The van der Waals surface area contributed by atoms with Crippen molar-refractivity contribution in [3.05, 3.63) is 30.2 Å². The summed E-state index contributed by atoms with van der Waals surface area (Å²) in [6.45, 7) is 6.34. The number of hydrogen-bond donors (Lipinski definition) is 2. The molecule has 0 aliphatic carbocycles. The Bertz CT molecular complexity index is 624. The number of nitrogens with zero attached hydrogens (tertiary/aromatic N) is 4. The minimum absolute atomic E-state index is 0.221. The molecule has 0 bridgehead atoms. The van der Waals surface area contributed by atoms with Gasteiger partial charge < -0.3 is 15.4 Å². The molecule has 1 unspecified atom stereocenters. The maximum atomic E-state index is 5.13. The molecule has 0 amide bonds. The van der Waals surface area contributed by atoms with Crippen LogP contribution in [0.15, 0.2) is 29.4 Å². The molecule has 0 aliphatic rings. The van der Waals surface area contributed by atoms with E-state index in [1.807, 2.05) is 28.8 Å². The minimum Gasteiger partial charge on any atom is -0.383 e. The summed E-state index contributed by atoms with van der Waals surface area (Å²) in [5.41, 5.74) is 0.884. The molecule has 2 N–H and O–H groups in total. The third-order valence-electron chi connectivity index (χ3n) is 3.36. The van der Waals surface area contributed by atoms with Gasteiger partial charge in [0.05, 0.1) is 6.61 Å². The number of aliphatic imine (C=N–C) groups is 1. The van der Waals surface area contributed by atoms with E-state index in [4.69, 9.17) is 4.74 Å². The van der Waals surface area contributed by atoms with Crippen molar-refractivity contribution in [2.75, 3.05) is 26.8 Å². The molecule has 126 valence electrons. The van der Waals surface area contributed by atoms with Crippen molar-refractivity contribution in [3.8, 4) is 0 Å². The second-order valence-electron chi connectivity index (χ2n) is 5.41. The molecule has 0 aromatic carbocycles. The molecule has 2 aromatic rings. The fraction of sp³-hybridized carbons (Fsp3) is 0.562. The molecule has 0 aliphatic heterocycles. The Morgan fingerprint density at radius 3 is 3.04 bits per heavy atom. The summed E-state index contributed by atoms with van der Waals surface area (Å²) < 4.78 is 7.16. The van der Waals surface area contributed by atoms with Crippen LogP contribution in [0.25, 0.3) is 5.65 Å². The van der Waals surface area contributed by atoms with Crippen LogP contribution < -0.4 is 10.6 Å². The molecule has 23 heavy (non-hydrogen) atoms. The van der Waals surface area contributed by atoms with Crippen LogP contribution in [0.4, 0.5) is 0 Å². The van der Waals surface area contributed by atoms with E-state index in [2.05, 4.69) is 39.7 Å². The monoisotopic (exact) mass is 318 g/mol. The number of fused-ring (bicyclic) bond motifs is 1. The van der Waals surface area contributed by atoms with Gasteiger partial charge in [-0.1, -0.05) is 6.07 Å². The molecular formula is C16H26N6O. The quantitative estimate of drug-likeness (QED) is 0.435. The number of methoxy groups -OCH3 is 1. The standard InChI is InChI=1S/C16H26N6O/c1-4-17-16(19-13(2)12-23-3)18-10-7-9-15-21-20-14-8-5-6-11-22(14)15/h5-6,8,11,13H,4,7,9-10,12H2,1-3H3,(H2,17,18,19). The Kier molecular flexibility index (Phi) is 6.80. The van der Waals surface area contributed by atoms with Crippen LogP contribution in [0.5, 0.6) is 0 Å². The van der Waals surface area contributed by atoms with Crippen molar-refractivity contribution >= 4 is 11.6 Å². The molecule has 7 nitrogen and oxygen atoms in total. The summed E-state index contributed by atoms with van der Waals surface area (Å²) >= 11 is 0. The number of pyridine rings is 1. The predicted octanol–water partition coefficient (Wildman–Crippen LogP) is 1.25. The number of rotatable bonds is 8. The van der Waals surface area contributed by atoms with Crippen LogP contribution in [0.1, 0.15) is 26.1 Å². The van der Waals surface area contributed by atoms with Gasteiger partial charge in [-0.25, -0.2) is 0 Å². The smallest absolute Gasteiger partial charge is 0.191 e. The fourth-order valence-corrected chi connectivity index (χ4v) is 2.33. The molecule has 2 rings (SSSR count). The van der Waals surface area contributed by atoms with Gasteiger partial charge in [0.15, 0.2) is 11.6 Å². The molecule has 2 aromatic heterocycles. The average Bonchev–Trinajstić information content (AvgIpc) is 2.95. The van der Waals surface area contributed by atoms with Gasteiger partial charge in [-0.2, -0.15) is 0 Å². The molecule has 0 saturated heterocycles. The molecule has 7 heteroatoms. The van der Waals surface area contributed by atoms with Gasteiger partial charge in [-0.15, -0.1) is 10.2 Å². The topological polar surface area (TPSA) is 75.8 Å². The summed E-state index contributed by atoms with van der Waals surface area (Å²) in [5, 5.41) is 15.0. The number of aryl methyl sites for hydroxylation is 1. The lowest BCUT2D eigenvalue weighted by Gasteiger charge is -2.16. The Balaban J connectivity index is 1.85. The van der Waals surface area contributed by atoms with Gasteiger partial charge in [0, 0.05) is 38.9 Å². The Morgan fingerprint density at radius 1 is 1.39 bits per heavy atom. The lowest BCUT2D eigenvalue weighted by Crippen LogP contribution is -2.44. The normalized spacial score (nSPS) is 13.3. The first-order valence-electron chi connectivity index (χ1n) is 8.07. The molecule has 0 fully saturated rings. The van der Waals surface area contributed by atoms with Gasteiger partial charge in [0.1, 0.15) is 5.82 Å². The van der Waals surface area contributed by atoms with E-state index in [9.17, 15) is 0 Å². The lowest BCUT2D eigenvalue weighted by atomic mass is 10.3. The molecule has 2 heterocycles. The predicted molar refractivity (Wildman–Crippen MR) is 91.8 cm³/mol. The summed E-state index contributed by atoms with van der Waals surface area (Å²) in [6, 6.07) is 6.13. The summed E-state index contributed by atoms with van der Waals surface area (Å²) in [5.74, 6) is 1.80. The highest BCUT2D eigenvalue weighted by atomic mass is 16.5. The minimum atomic E-state index is 0.221. The third kappa shape index (κ3) is 5.21. The van der Waals surface area contributed by atoms with E-state index in [0.29, 0.717) is 6.61 Å². The first-order chi connectivity index (χ1) is 11.2. The average molecular weight is 318 g/mol. The third-order valence-corrected chi connectivity index (χ3v) is 3.36. The SMILES string of the molecule is CCNC(=NCCCc1nnc2ccccn12)NC(C)COC. The van der Waals surface area contributed by atoms with Crippen molar-refractivity contribution in [1.29, 1.82) is 0 Å². The van der Waals surface area contributed by atoms with E-state index in [0.717, 1.165) is 43.4 Å². The van der Waals surface area contributed by atoms with Gasteiger partial charge in [-0.05, 0) is 32.4 Å². The highest BCUT2D eigenvalue weighted by molar-refractivity contribution is 5.80. The van der Waals surface area contributed by atoms with E-state index in [1.54, 1.807) is 7.11 Å². The molecule has 1 atom stereocenters. The summed E-state index contributed by atoms with van der Waals surface area (Å²) in [4.78, 5) is 4.60.